The van der Waals surface area contributed by atoms with Gasteiger partial charge in [0.1, 0.15) is 5.75 Å². The van der Waals surface area contributed by atoms with Crippen molar-refractivity contribution < 1.29 is 5.11 Å². The summed E-state index contributed by atoms with van der Waals surface area (Å²) in [6, 6.07) is 5.58. The number of nitrogens with one attached hydrogen (secondary N) is 1. The van der Waals surface area contributed by atoms with E-state index >= 15 is 0 Å². The summed E-state index contributed by atoms with van der Waals surface area (Å²) in [5, 5.41) is 16.9. The van der Waals surface area contributed by atoms with Crippen LogP contribution in [0.5, 0.6) is 5.75 Å². The third kappa shape index (κ3) is 2.34. The molecule has 1 heterocycles. The van der Waals surface area contributed by atoms with Crippen molar-refractivity contribution in [1.29, 1.82) is 0 Å². The van der Waals surface area contributed by atoms with Gasteiger partial charge in [0.05, 0.1) is 11.9 Å². The number of nitrogens with zero attached hydrogens (tertiary/aromatic N) is 2. The monoisotopic (exact) mass is 217 g/mol. The Morgan fingerprint density at radius 1 is 1.44 bits per heavy atom. The molecule has 84 valence electrons. The van der Waals surface area contributed by atoms with Crippen LogP contribution in [-0.2, 0) is 13.6 Å². The molecule has 0 spiro atoms. The van der Waals surface area contributed by atoms with E-state index in [0.717, 1.165) is 16.8 Å². The summed E-state index contributed by atoms with van der Waals surface area (Å²) in [4.78, 5) is 0. The van der Waals surface area contributed by atoms with Crippen LogP contribution in [0, 0.1) is 6.92 Å². The number of anilines is 1. The average Bonchev–Trinajstić information content (AvgIpc) is 2.66. The Balaban J connectivity index is 2.07. The molecular weight excluding hydrogens is 202 g/mol. The minimum Gasteiger partial charge on any atom is -0.508 e. The highest BCUT2D eigenvalue weighted by atomic mass is 16.3. The number of aromatic nitrogens is 2. The Bertz CT molecular complexity index is 491. The number of aromatic hydroxyl groups is 1. The third-order valence-electron chi connectivity index (χ3n) is 2.42. The Kier molecular flexibility index (Phi) is 2.81. The lowest BCUT2D eigenvalue weighted by Crippen LogP contribution is -1.99. The topological polar surface area (TPSA) is 50.1 Å². The van der Waals surface area contributed by atoms with Gasteiger partial charge in [0.2, 0.25) is 0 Å². The molecule has 2 aromatic rings. The molecule has 16 heavy (non-hydrogen) atoms. The first-order valence-electron chi connectivity index (χ1n) is 5.16. The Labute approximate surface area is 94.5 Å². The van der Waals surface area contributed by atoms with E-state index in [1.807, 2.05) is 32.3 Å². The normalized spacial score (nSPS) is 10.4. The maximum Gasteiger partial charge on any atom is 0.120 e. The number of phenols is 1. The quantitative estimate of drug-likeness (QED) is 0.827. The summed E-state index contributed by atoms with van der Waals surface area (Å²) < 4.78 is 1.73. The number of phenolic OH excluding ortho intramolecular Hbond substituents is 1. The number of hydrogen-bond donors (Lipinski definition) is 2. The van der Waals surface area contributed by atoms with E-state index in [1.54, 1.807) is 16.9 Å². The zero-order valence-electron chi connectivity index (χ0n) is 9.44. The minimum atomic E-state index is 0.321. The largest absolute Gasteiger partial charge is 0.508 e. The standard InChI is InChI=1S/C12H15N3O/c1-9-3-4-12(16)10(5-9)6-13-11-7-14-15(2)8-11/h3-5,7-8,13,16H,6H2,1-2H3. The van der Waals surface area contributed by atoms with E-state index < -0.39 is 0 Å². The zero-order chi connectivity index (χ0) is 11.5. The second-order valence-electron chi connectivity index (χ2n) is 3.89. The van der Waals surface area contributed by atoms with E-state index in [1.165, 1.54) is 0 Å². The third-order valence-corrected chi connectivity index (χ3v) is 2.42. The lowest BCUT2D eigenvalue weighted by Gasteiger charge is -2.06. The van der Waals surface area contributed by atoms with Crippen LogP contribution in [-0.4, -0.2) is 14.9 Å². The highest BCUT2D eigenvalue weighted by molar-refractivity contribution is 5.42. The Morgan fingerprint density at radius 2 is 2.25 bits per heavy atom. The van der Waals surface area contributed by atoms with Gasteiger partial charge in [0.25, 0.3) is 0 Å². The highest BCUT2D eigenvalue weighted by Gasteiger charge is 2.01. The van der Waals surface area contributed by atoms with E-state index in [0.29, 0.717) is 12.3 Å². The predicted molar refractivity (Wildman–Crippen MR) is 63.4 cm³/mol. The van der Waals surface area contributed by atoms with Crippen molar-refractivity contribution in [3.05, 3.63) is 41.7 Å². The van der Waals surface area contributed by atoms with Gasteiger partial charge in [-0.2, -0.15) is 5.10 Å². The molecule has 0 saturated carbocycles. The zero-order valence-corrected chi connectivity index (χ0v) is 9.44. The van der Waals surface area contributed by atoms with Crippen LogP contribution in [0.3, 0.4) is 0 Å². The smallest absolute Gasteiger partial charge is 0.120 e. The molecule has 0 bridgehead atoms. The molecule has 1 aromatic carbocycles. The second-order valence-corrected chi connectivity index (χ2v) is 3.89. The molecule has 0 aliphatic rings. The second kappa shape index (κ2) is 4.26. The Morgan fingerprint density at radius 3 is 2.94 bits per heavy atom. The lowest BCUT2D eigenvalue weighted by molar-refractivity contribution is 0.469. The first kappa shape index (κ1) is 10.5. The molecule has 4 nitrogen and oxygen atoms in total. The summed E-state index contributed by atoms with van der Waals surface area (Å²) in [6.45, 7) is 2.60. The van der Waals surface area contributed by atoms with E-state index in [-0.39, 0.29) is 0 Å². The number of hydrogen-bond acceptors (Lipinski definition) is 3. The fourth-order valence-electron chi connectivity index (χ4n) is 1.57. The fraction of sp³-hybridized carbons (Fsp3) is 0.250. The van der Waals surface area contributed by atoms with Crippen LogP contribution in [0.4, 0.5) is 5.69 Å². The average molecular weight is 217 g/mol. The van der Waals surface area contributed by atoms with Gasteiger partial charge >= 0.3 is 0 Å². The molecule has 1 aromatic heterocycles. The molecule has 0 aliphatic heterocycles. The van der Waals surface area contributed by atoms with Crippen molar-refractivity contribution in [1.82, 2.24) is 9.78 Å². The van der Waals surface area contributed by atoms with Gasteiger partial charge in [-0.05, 0) is 13.0 Å². The summed E-state index contributed by atoms with van der Waals surface area (Å²) in [5.41, 5.74) is 2.98. The maximum absolute atomic E-state index is 9.66. The SMILES string of the molecule is Cc1ccc(O)c(CNc2cnn(C)c2)c1. The summed E-state index contributed by atoms with van der Waals surface area (Å²) in [6.07, 6.45) is 3.65. The lowest BCUT2D eigenvalue weighted by atomic mass is 10.1. The van der Waals surface area contributed by atoms with Crippen molar-refractivity contribution in [3.63, 3.8) is 0 Å². The van der Waals surface area contributed by atoms with Crippen molar-refractivity contribution in [3.8, 4) is 5.75 Å². The predicted octanol–water partition coefficient (Wildman–Crippen LogP) is 2.05. The van der Waals surface area contributed by atoms with Crippen molar-refractivity contribution in [2.75, 3.05) is 5.32 Å². The number of benzene rings is 1. The van der Waals surface area contributed by atoms with Gasteiger partial charge in [0.15, 0.2) is 0 Å². The first-order valence-corrected chi connectivity index (χ1v) is 5.16. The Hall–Kier alpha value is -1.97. The molecule has 2 N–H and O–H groups in total. The van der Waals surface area contributed by atoms with E-state index in [4.69, 9.17) is 0 Å². The van der Waals surface area contributed by atoms with Crippen LogP contribution >= 0.6 is 0 Å². The molecule has 0 aliphatic carbocycles. The molecule has 0 unspecified atom stereocenters. The van der Waals surface area contributed by atoms with Gasteiger partial charge in [-0.25, -0.2) is 0 Å². The molecule has 0 saturated heterocycles. The fourth-order valence-corrected chi connectivity index (χ4v) is 1.57. The van der Waals surface area contributed by atoms with E-state index in [2.05, 4.69) is 10.4 Å². The van der Waals surface area contributed by atoms with Crippen LogP contribution in [0.2, 0.25) is 0 Å². The molecule has 0 amide bonds. The van der Waals surface area contributed by atoms with E-state index in [9.17, 15) is 5.11 Å². The first-order chi connectivity index (χ1) is 7.65. The number of aryl methyl sites for hydroxylation is 2. The summed E-state index contributed by atoms with van der Waals surface area (Å²) >= 11 is 0. The molecule has 0 fully saturated rings. The van der Waals surface area contributed by atoms with Gasteiger partial charge in [-0.3, -0.25) is 4.68 Å². The van der Waals surface area contributed by atoms with Gasteiger partial charge in [0, 0.05) is 25.4 Å². The molecule has 2 rings (SSSR count). The van der Waals surface area contributed by atoms with Crippen LogP contribution < -0.4 is 5.32 Å². The van der Waals surface area contributed by atoms with Crippen molar-refractivity contribution >= 4 is 5.69 Å². The summed E-state index contributed by atoms with van der Waals surface area (Å²) in [7, 11) is 1.87. The van der Waals surface area contributed by atoms with Gasteiger partial charge < -0.3 is 10.4 Å². The van der Waals surface area contributed by atoms with Crippen molar-refractivity contribution in [2.45, 2.75) is 13.5 Å². The van der Waals surface area contributed by atoms with Crippen LogP contribution in [0.25, 0.3) is 0 Å². The molecule has 0 radical (unpaired) electrons. The van der Waals surface area contributed by atoms with Gasteiger partial charge in [-0.15, -0.1) is 0 Å². The maximum atomic E-state index is 9.66. The molecular formula is C12H15N3O. The van der Waals surface area contributed by atoms with Crippen molar-refractivity contribution in [2.24, 2.45) is 7.05 Å². The number of rotatable bonds is 3. The molecule has 4 heteroatoms. The minimum absolute atomic E-state index is 0.321. The van der Waals surface area contributed by atoms with Gasteiger partial charge in [-0.1, -0.05) is 17.7 Å². The van der Waals surface area contributed by atoms with Crippen LogP contribution in [0.1, 0.15) is 11.1 Å². The molecule has 0 atom stereocenters. The summed E-state index contributed by atoms with van der Waals surface area (Å²) in [5.74, 6) is 0.321. The highest BCUT2D eigenvalue weighted by Crippen LogP contribution is 2.19. The van der Waals surface area contributed by atoms with Crippen LogP contribution in [0.15, 0.2) is 30.6 Å².